The van der Waals surface area contributed by atoms with Gasteiger partial charge in [-0.2, -0.15) is 0 Å². The van der Waals surface area contributed by atoms with Crippen LogP contribution in [0.25, 0.3) is 0 Å². The molecule has 3 aromatic rings. The second-order valence-corrected chi connectivity index (χ2v) is 41.6. The first-order valence-electron chi connectivity index (χ1n) is 47.8. The van der Waals surface area contributed by atoms with Gasteiger partial charge in [0.15, 0.2) is 34.7 Å². The summed E-state index contributed by atoms with van der Waals surface area (Å²) in [6.45, 7) is 38.3. The molecule has 666 valence electrons. The standard InChI is InChI=1S/C106H152N6O10/c1-17-21-32-75(18-2)73-121-99(119)53-51-95(115)86-68-108(60-56-102(86,7)8)79-39-41-80(42-40-79)109-61-57-103(9,10)87(69-109)96(116)52-54-100(120)122-74-76(19-3)33-26-22-23-31-38-94(114)89-71-111(83-47-43-81(44-48-83)107-59-55-101(5,6)85(67-107)93(113)20-4)91(65-105(89,13)14)92-66-106(15,16)90(98(118)64-78-36-29-25-30-37-78)72-112(92)84-49-45-82(46-50-84)110-62-58-104(11,12)88(70-110)97(117)63-77-34-27-24-28-35-77/h39-50,67-72,75-78,91-92H,17-38,51-66,73-74H2,1-16H3. The zero-order chi connectivity index (χ0) is 87.9. The van der Waals surface area contributed by atoms with Crippen LogP contribution in [-0.4, -0.2) is 98.1 Å². The van der Waals surface area contributed by atoms with Crippen LogP contribution in [0.5, 0.6) is 0 Å². The highest BCUT2D eigenvalue weighted by atomic mass is 16.5. The minimum Gasteiger partial charge on any atom is -0.465 e. The quantitative estimate of drug-likeness (QED) is 0.0388. The van der Waals surface area contributed by atoms with Crippen LogP contribution in [0.4, 0.5) is 34.1 Å². The van der Waals surface area contributed by atoms with Crippen LogP contribution in [0.3, 0.4) is 0 Å². The molecule has 11 rings (SSSR count). The Bertz CT molecular complexity index is 4340. The van der Waals surface area contributed by atoms with Gasteiger partial charge in [-0.25, -0.2) is 0 Å². The molecule has 16 nitrogen and oxygen atoms in total. The fourth-order valence-electron chi connectivity index (χ4n) is 20.6. The average Bonchev–Trinajstić information content (AvgIpc) is 0.734. The maximum atomic E-state index is 15.2. The molecule has 0 spiro atoms. The number of benzene rings is 3. The summed E-state index contributed by atoms with van der Waals surface area (Å²) in [7, 11) is 0. The van der Waals surface area contributed by atoms with Crippen LogP contribution in [0, 0.1) is 56.2 Å². The van der Waals surface area contributed by atoms with Gasteiger partial charge in [0, 0.05) is 169 Å². The monoisotopic (exact) mass is 1670 g/mol. The van der Waals surface area contributed by atoms with E-state index in [4.69, 9.17) is 9.47 Å². The van der Waals surface area contributed by atoms with Gasteiger partial charge >= 0.3 is 11.9 Å². The number of esters is 2. The summed E-state index contributed by atoms with van der Waals surface area (Å²) in [5.74, 6) is 1.46. The van der Waals surface area contributed by atoms with Crippen LogP contribution < -0.4 is 29.4 Å². The van der Waals surface area contributed by atoms with Gasteiger partial charge in [0.1, 0.15) is 0 Å². The van der Waals surface area contributed by atoms with Crippen LogP contribution >= 0.6 is 0 Å². The lowest BCUT2D eigenvalue weighted by molar-refractivity contribution is -0.146. The fraction of sp³-hybridized carbons (Fsp3) is 0.642. The third kappa shape index (κ3) is 24.1. The highest BCUT2D eigenvalue weighted by molar-refractivity contribution is 6.01. The number of allylic oxidation sites excluding steroid dienone is 6. The molecule has 0 radical (unpaired) electrons. The lowest BCUT2D eigenvalue weighted by Crippen LogP contribution is -2.57. The zero-order valence-corrected chi connectivity index (χ0v) is 77.9. The van der Waals surface area contributed by atoms with E-state index in [1.165, 1.54) is 38.5 Å². The number of Topliss-reactive ketones (excluding diaryl/α,β-unsaturated/α-hetero) is 6. The summed E-state index contributed by atoms with van der Waals surface area (Å²) in [6.07, 6.45) is 40.7. The molecule has 6 aliphatic heterocycles. The predicted octanol–water partition coefficient (Wildman–Crippen LogP) is 24.5. The van der Waals surface area contributed by atoms with Crippen molar-refractivity contribution in [3.05, 3.63) is 143 Å². The van der Waals surface area contributed by atoms with E-state index in [2.05, 4.69) is 231 Å². The fourth-order valence-corrected chi connectivity index (χ4v) is 20.6. The van der Waals surface area contributed by atoms with Crippen molar-refractivity contribution in [1.29, 1.82) is 0 Å². The average molecular weight is 1670 g/mol. The number of carbonyl (C=O) groups excluding carboxylic acids is 8. The molecule has 8 aliphatic rings. The Kier molecular flexibility index (Phi) is 32.4. The molecule has 122 heavy (non-hydrogen) atoms. The molecule has 0 N–H and O–H groups in total. The normalized spacial score (nSPS) is 22.0. The van der Waals surface area contributed by atoms with E-state index in [0.29, 0.717) is 80.6 Å². The number of anilines is 6. The summed E-state index contributed by atoms with van der Waals surface area (Å²) in [4.78, 5) is 126. The van der Waals surface area contributed by atoms with E-state index in [9.17, 15) is 28.8 Å². The highest BCUT2D eigenvalue weighted by Crippen LogP contribution is 2.51. The highest BCUT2D eigenvalue weighted by Gasteiger charge is 2.49. The number of carbonyl (C=O) groups is 8. The topological polar surface area (TPSA) is 174 Å². The lowest BCUT2D eigenvalue weighted by Gasteiger charge is -2.52. The van der Waals surface area contributed by atoms with Gasteiger partial charge in [0.05, 0.1) is 38.1 Å². The molecule has 0 bridgehead atoms. The minimum absolute atomic E-state index is 0.00528. The number of hydrogen-bond donors (Lipinski definition) is 0. The molecule has 2 saturated carbocycles. The number of ketones is 6. The van der Waals surface area contributed by atoms with E-state index >= 15 is 9.59 Å². The third-order valence-electron chi connectivity index (χ3n) is 29.5. The molecule has 0 amide bonds. The Morgan fingerprint density at radius 1 is 0.336 bits per heavy atom. The first-order valence-corrected chi connectivity index (χ1v) is 47.8. The number of unbranched alkanes of at least 4 members (excludes halogenated alkanes) is 4. The van der Waals surface area contributed by atoms with Crippen molar-refractivity contribution in [3.63, 3.8) is 0 Å². The van der Waals surface area contributed by atoms with Gasteiger partial charge < -0.3 is 38.9 Å². The van der Waals surface area contributed by atoms with E-state index in [1.54, 1.807) is 0 Å². The smallest absolute Gasteiger partial charge is 0.306 e. The van der Waals surface area contributed by atoms with Gasteiger partial charge in [0.25, 0.3) is 0 Å². The molecule has 0 aromatic heterocycles. The van der Waals surface area contributed by atoms with Gasteiger partial charge in [-0.05, 0) is 187 Å². The largest absolute Gasteiger partial charge is 0.465 e. The molecular weight excluding hydrogens is 1520 g/mol. The van der Waals surface area contributed by atoms with Crippen molar-refractivity contribution in [3.8, 4) is 0 Å². The van der Waals surface area contributed by atoms with Crippen LogP contribution in [-0.2, 0) is 47.8 Å². The van der Waals surface area contributed by atoms with E-state index in [-0.39, 0.29) is 112 Å². The molecule has 6 heterocycles. The summed E-state index contributed by atoms with van der Waals surface area (Å²) in [6, 6.07) is 25.5. The van der Waals surface area contributed by atoms with E-state index in [1.807, 2.05) is 19.3 Å². The molecule has 2 aliphatic carbocycles. The van der Waals surface area contributed by atoms with Crippen molar-refractivity contribution in [2.24, 2.45) is 56.2 Å². The lowest BCUT2D eigenvalue weighted by atomic mass is 9.67. The van der Waals surface area contributed by atoms with Crippen molar-refractivity contribution >= 4 is 80.8 Å². The zero-order valence-electron chi connectivity index (χ0n) is 77.9. The Morgan fingerprint density at radius 3 is 0.984 bits per heavy atom. The van der Waals surface area contributed by atoms with Crippen molar-refractivity contribution < 1.29 is 47.8 Å². The van der Waals surface area contributed by atoms with Crippen LogP contribution in [0.2, 0.25) is 0 Å². The molecule has 4 unspecified atom stereocenters. The van der Waals surface area contributed by atoms with Crippen molar-refractivity contribution in [2.45, 2.75) is 341 Å². The first kappa shape index (κ1) is 94.5. The molecule has 16 heteroatoms. The Morgan fingerprint density at radius 2 is 0.639 bits per heavy atom. The summed E-state index contributed by atoms with van der Waals surface area (Å²) < 4.78 is 11.5. The third-order valence-corrected chi connectivity index (χ3v) is 29.5. The SMILES string of the molecule is CCCCC(CC)COC(=O)CCC(=O)C1=CN(c2ccc(N3C=C(C(=O)CCC(=O)OCC(CC)CCCCCCC(=O)C4=CN(c5ccc(N6C=C(C(=O)CC)C(C)(C)CC6)cc5)C(C5CC(C)(C)C(C(=O)CC6CCCCC6)=CN5c5ccc(N6C=C(C(=O)CC7CCCCC7)C(C)(C)CC6)cc5)CC4(C)C)C(C)(C)CC3)cc2)CCC1(C)C. The van der Waals surface area contributed by atoms with Gasteiger partial charge in [-0.15, -0.1) is 0 Å². The second-order valence-electron chi connectivity index (χ2n) is 41.6. The van der Waals surface area contributed by atoms with Gasteiger partial charge in [0.2, 0.25) is 0 Å². The summed E-state index contributed by atoms with van der Waals surface area (Å²) >= 11 is 0. The first-order chi connectivity index (χ1) is 58.0. The van der Waals surface area contributed by atoms with E-state index in [0.717, 1.165) is 198 Å². The molecule has 4 atom stereocenters. The van der Waals surface area contributed by atoms with Crippen molar-refractivity contribution in [1.82, 2.24) is 0 Å². The van der Waals surface area contributed by atoms with Crippen LogP contribution in [0.15, 0.2) is 143 Å². The number of rotatable bonds is 40. The molecule has 2 fully saturated rings. The Hall–Kier alpha value is -8.14. The second kappa shape index (κ2) is 41.8. The predicted molar refractivity (Wildman–Crippen MR) is 498 cm³/mol. The summed E-state index contributed by atoms with van der Waals surface area (Å²) in [5.41, 5.74) is 8.68. The molecule has 0 saturated heterocycles. The number of nitrogens with zero attached hydrogens (tertiary/aromatic N) is 6. The Balaban J connectivity index is 0.730. The minimum atomic E-state index is -0.512. The molecular formula is C106H152N6O10. The van der Waals surface area contributed by atoms with Gasteiger partial charge in [-0.1, -0.05) is 220 Å². The van der Waals surface area contributed by atoms with Crippen molar-refractivity contribution in [2.75, 3.05) is 68.8 Å². The van der Waals surface area contributed by atoms with Gasteiger partial charge in [-0.3, -0.25) is 38.4 Å². The van der Waals surface area contributed by atoms with E-state index < -0.39 is 10.8 Å². The maximum absolute atomic E-state index is 15.2. The number of ether oxygens (including phenoxy) is 2. The number of hydrogen-bond acceptors (Lipinski definition) is 16. The van der Waals surface area contributed by atoms with Crippen LogP contribution in [0.1, 0.15) is 329 Å². The Labute approximate surface area is 734 Å². The summed E-state index contributed by atoms with van der Waals surface area (Å²) in [5, 5.41) is 0. The maximum Gasteiger partial charge on any atom is 0.306 e. The molecule has 3 aromatic carbocycles.